The molecule has 1 unspecified atom stereocenters. The van der Waals surface area contributed by atoms with Crippen LogP contribution >= 0.6 is 0 Å². The summed E-state index contributed by atoms with van der Waals surface area (Å²) in [6.07, 6.45) is 4.55. The molecule has 2 fully saturated rings. The lowest BCUT2D eigenvalue weighted by Crippen LogP contribution is -2.49. The van der Waals surface area contributed by atoms with Crippen LogP contribution in [0.5, 0.6) is 5.75 Å². The van der Waals surface area contributed by atoms with Crippen LogP contribution in [-0.4, -0.2) is 74.8 Å². The van der Waals surface area contributed by atoms with Gasteiger partial charge < -0.3 is 30.2 Å². The van der Waals surface area contributed by atoms with E-state index in [0.717, 1.165) is 23.1 Å². The second-order valence-electron chi connectivity index (χ2n) is 14.6. The van der Waals surface area contributed by atoms with E-state index in [4.69, 9.17) is 15.5 Å². The van der Waals surface area contributed by atoms with Crippen molar-refractivity contribution in [3.8, 4) is 5.75 Å². The fourth-order valence-corrected chi connectivity index (χ4v) is 7.81. The fourth-order valence-electron chi connectivity index (χ4n) is 7.81. The van der Waals surface area contributed by atoms with Gasteiger partial charge in [-0.2, -0.15) is 0 Å². The van der Waals surface area contributed by atoms with Gasteiger partial charge in [-0.05, 0) is 93.6 Å². The number of halogens is 3. The molecule has 3 aromatic carbocycles. The minimum Gasteiger partial charge on any atom is -0.497 e. The number of carbonyl (C=O) groups is 3. The zero-order valence-corrected chi connectivity index (χ0v) is 33.0. The Kier molecular flexibility index (Phi) is 13.0. The van der Waals surface area contributed by atoms with Crippen molar-refractivity contribution in [1.29, 1.82) is 0 Å². The molecule has 7 rings (SSSR count). The first kappa shape index (κ1) is 41.7. The molecule has 0 radical (unpaired) electrons. The van der Waals surface area contributed by atoms with Crippen LogP contribution in [0, 0.1) is 12.7 Å². The number of aldehydes is 1. The third-order valence-corrected chi connectivity index (χ3v) is 11.0. The number of hydrogen-bond donors (Lipinski definition) is 3. The van der Waals surface area contributed by atoms with E-state index in [0.29, 0.717) is 97.4 Å². The van der Waals surface area contributed by atoms with Gasteiger partial charge >= 0.3 is 0 Å². The number of hydrogen-bond acceptors (Lipinski definition) is 10. The third-order valence-electron chi connectivity index (χ3n) is 11.0. The summed E-state index contributed by atoms with van der Waals surface area (Å²) < 4.78 is 51.3. The van der Waals surface area contributed by atoms with Crippen LogP contribution in [0.15, 0.2) is 64.5 Å². The van der Waals surface area contributed by atoms with Crippen molar-refractivity contribution in [3.63, 3.8) is 0 Å². The van der Waals surface area contributed by atoms with Crippen molar-refractivity contribution in [2.24, 2.45) is 17.8 Å². The number of anilines is 3. The number of aliphatic imine (C=N–C) groups is 1. The number of imide groups is 1. The monoisotopic (exact) mass is 799 g/mol. The Morgan fingerprint density at radius 1 is 1.00 bits per heavy atom. The SMILES string of the molecule is CNC1CCC(=O)NC1=O.COc1cc(N2CCCc3cc(/C(C=NC4CCN(c5ccc(C=O)cc5F)CC4)=C/N)c(C(F)F)cc32)c2cc(C)c(=O)n(C)c2c1. The van der Waals surface area contributed by atoms with Gasteiger partial charge in [0.2, 0.25) is 11.8 Å². The molecular weight excluding hydrogens is 752 g/mol. The smallest absolute Gasteiger partial charge is 0.264 e. The molecule has 2 amide bonds. The van der Waals surface area contributed by atoms with Crippen LogP contribution in [0.2, 0.25) is 0 Å². The number of rotatable bonds is 9. The molecule has 4 aromatic rings. The first-order valence-corrected chi connectivity index (χ1v) is 19.2. The van der Waals surface area contributed by atoms with Crippen LogP contribution in [0.3, 0.4) is 0 Å². The number of piperidine rings is 2. The normalized spacial score (nSPS) is 17.7. The van der Waals surface area contributed by atoms with E-state index in [2.05, 4.69) is 10.6 Å². The molecule has 4 heterocycles. The molecule has 0 bridgehead atoms. The summed E-state index contributed by atoms with van der Waals surface area (Å²) in [4.78, 5) is 53.8. The topological polar surface area (TPSA) is 151 Å². The van der Waals surface area contributed by atoms with Crippen LogP contribution in [0.1, 0.15) is 71.1 Å². The van der Waals surface area contributed by atoms with E-state index >= 15 is 0 Å². The van der Waals surface area contributed by atoms with Crippen molar-refractivity contribution < 1.29 is 32.3 Å². The molecule has 306 valence electrons. The number of pyridine rings is 1. The second-order valence-corrected chi connectivity index (χ2v) is 14.6. The molecule has 0 spiro atoms. The highest BCUT2D eigenvalue weighted by atomic mass is 19.3. The van der Waals surface area contributed by atoms with Gasteiger partial charge in [0, 0.05) is 91.0 Å². The summed E-state index contributed by atoms with van der Waals surface area (Å²) >= 11 is 0. The van der Waals surface area contributed by atoms with E-state index < -0.39 is 12.2 Å². The van der Waals surface area contributed by atoms with Gasteiger partial charge in [-0.3, -0.25) is 29.5 Å². The van der Waals surface area contributed by atoms with E-state index in [1.165, 1.54) is 12.3 Å². The number of nitrogens with one attached hydrogen (secondary N) is 2. The zero-order chi connectivity index (χ0) is 41.7. The number of amides is 2. The van der Waals surface area contributed by atoms with Gasteiger partial charge in [0.1, 0.15) is 17.9 Å². The van der Waals surface area contributed by atoms with Gasteiger partial charge in [-0.15, -0.1) is 0 Å². The molecular formula is C43H48F3N7O5. The van der Waals surface area contributed by atoms with E-state index in [1.54, 1.807) is 63.2 Å². The number of ether oxygens (including phenoxy) is 1. The van der Waals surface area contributed by atoms with E-state index in [1.807, 2.05) is 28.0 Å². The molecule has 58 heavy (non-hydrogen) atoms. The number of aromatic nitrogens is 1. The Balaban J connectivity index is 0.000000496. The highest BCUT2D eigenvalue weighted by Gasteiger charge is 2.28. The lowest BCUT2D eigenvalue weighted by molar-refractivity contribution is -0.134. The van der Waals surface area contributed by atoms with Crippen LogP contribution in [0.4, 0.5) is 30.2 Å². The lowest BCUT2D eigenvalue weighted by atomic mass is 9.91. The maximum Gasteiger partial charge on any atom is 0.264 e. The molecule has 2 saturated heterocycles. The standard InChI is InChI=1S/C37H38F3N5O3.C6H10N2O2/c1-22-13-30-34(43(2)37(22)47)16-27(48-3)17-35(30)45-10-4-5-24-15-28(29(36(39)40)18-33(24)45)25(19-41)20-42-26-8-11-44(12-9-26)32-7-6-23(21-46)14-31(32)38;1-7-4-2-3-5(9)8-6(4)10/h6-7,13-21,26,36H,4-5,8-12,41H2,1-3H3;4,7H,2-3H2,1H3,(H,8,9,10)/b25-19+,42-20?;. The number of nitrogens with zero attached hydrogens (tertiary/aromatic N) is 4. The second kappa shape index (κ2) is 18.1. The number of nitrogens with two attached hydrogens (primary N) is 1. The summed E-state index contributed by atoms with van der Waals surface area (Å²) in [7, 11) is 4.98. The maximum atomic E-state index is 14.8. The predicted molar refractivity (Wildman–Crippen MR) is 220 cm³/mol. The Hall–Kier alpha value is -5.96. The molecule has 1 aromatic heterocycles. The van der Waals surface area contributed by atoms with E-state index in [-0.39, 0.29) is 40.6 Å². The average Bonchev–Trinajstić information content (AvgIpc) is 3.22. The van der Waals surface area contributed by atoms with Gasteiger partial charge in [-0.25, -0.2) is 13.2 Å². The lowest BCUT2D eigenvalue weighted by Gasteiger charge is -2.34. The number of alkyl halides is 2. The summed E-state index contributed by atoms with van der Waals surface area (Å²) in [5, 5.41) is 5.88. The Labute approximate surface area is 334 Å². The molecule has 4 N–H and O–H groups in total. The summed E-state index contributed by atoms with van der Waals surface area (Å²) in [6.45, 7) is 3.49. The maximum absolute atomic E-state index is 14.8. The van der Waals surface area contributed by atoms with E-state index in [9.17, 15) is 32.3 Å². The molecule has 0 saturated carbocycles. The van der Waals surface area contributed by atoms with Crippen LogP contribution in [0.25, 0.3) is 16.5 Å². The Bertz CT molecular complexity index is 2340. The fraction of sp³-hybridized carbons (Fsp3) is 0.372. The predicted octanol–water partition coefficient (Wildman–Crippen LogP) is 5.88. The molecule has 1 atom stereocenters. The minimum atomic E-state index is -2.77. The van der Waals surface area contributed by atoms with Gasteiger partial charge in [0.25, 0.3) is 12.0 Å². The van der Waals surface area contributed by atoms with Crippen LogP contribution in [-0.2, 0) is 23.1 Å². The molecule has 0 aliphatic carbocycles. The molecule has 15 heteroatoms. The quantitative estimate of drug-likeness (QED) is 0.107. The van der Waals surface area contributed by atoms with Gasteiger partial charge in [0.05, 0.1) is 36.1 Å². The minimum absolute atomic E-state index is 0.0857. The summed E-state index contributed by atoms with van der Waals surface area (Å²) in [5.74, 6) is -0.263. The molecule has 3 aliphatic rings. The zero-order valence-electron chi connectivity index (χ0n) is 33.0. The number of fused-ring (bicyclic) bond motifs is 2. The number of methoxy groups -OCH3 is 1. The highest BCUT2D eigenvalue weighted by molar-refractivity contribution is 6.10. The van der Waals surface area contributed by atoms with Crippen LogP contribution < -0.4 is 36.5 Å². The Morgan fingerprint density at radius 3 is 2.40 bits per heavy atom. The first-order chi connectivity index (χ1) is 27.9. The average molecular weight is 800 g/mol. The number of allylic oxidation sites excluding steroid dienone is 1. The van der Waals surface area contributed by atoms with Crippen molar-refractivity contribution in [2.75, 3.05) is 43.6 Å². The van der Waals surface area contributed by atoms with Gasteiger partial charge in [0.15, 0.2) is 0 Å². The number of aryl methyl sites for hydroxylation is 3. The summed E-state index contributed by atoms with van der Waals surface area (Å²) in [6, 6.07) is 13.1. The number of benzene rings is 3. The molecule has 12 nitrogen and oxygen atoms in total. The van der Waals surface area contributed by atoms with Crippen molar-refractivity contribution in [2.45, 2.75) is 64.0 Å². The Morgan fingerprint density at radius 2 is 1.76 bits per heavy atom. The van der Waals surface area contributed by atoms with Crippen molar-refractivity contribution >= 4 is 57.9 Å². The van der Waals surface area contributed by atoms with Crippen molar-refractivity contribution in [3.05, 3.63) is 98.7 Å². The highest BCUT2D eigenvalue weighted by Crippen LogP contribution is 2.43. The summed E-state index contributed by atoms with van der Waals surface area (Å²) in [5.41, 5.74) is 10.9. The van der Waals surface area contributed by atoms with Crippen molar-refractivity contribution in [1.82, 2.24) is 15.2 Å². The van der Waals surface area contributed by atoms with Gasteiger partial charge in [-0.1, -0.05) is 0 Å². The number of carbonyl (C=O) groups excluding carboxylic acids is 3. The molecule has 3 aliphatic heterocycles. The number of likely N-dealkylation sites (N-methyl/N-ethyl adjacent to an activating group) is 1. The largest absolute Gasteiger partial charge is 0.497 e. The first-order valence-electron chi connectivity index (χ1n) is 19.2. The third kappa shape index (κ3) is 8.79.